The highest BCUT2D eigenvalue weighted by atomic mass is 16.6. The highest BCUT2D eigenvalue weighted by Crippen LogP contribution is 2.31. The van der Waals surface area contributed by atoms with Gasteiger partial charge < -0.3 is 11.1 Å². The predicted octanol–water partition coefficient (Wildman–Crippen LogP) is 2.64. The van der Waals surface area contributed by atoms with E-state index in [2.05, 4.69) is 19.2 Å². The van der Waals surface area contributed by atoms with Crippen molar-refractivity contribution in [1.29, 1.82) is 5.26 Å². The van der Waals surface area contributed by atoms with Gasteiger partial charge in [-0.3, -0.25) is 10.1 Å². The number of anilines is 1. The molecule has 20 heavy (non-hydrogen) atoms. The number of nitro groups is 1. The molecule has 0 fully saturated rings. The summed E-state index contributed by atoms with van der Waals surface area (Å²) in [5.41, 5.74) is 5.54. The smallest absolute Gasteiger partial charge is 0.309 e. The number of nitriles is 1. The standard InChI is InChI=1S/C14H20N4O2/c1-10(2)7-14(3,9-16)17-12-6-4-5-11(8-15)13(12)18(19)20/h4-6,10,17H,7,9,16H2,1-3H3. The lowest BCUT2D eigenvalue weighted by Gasteiger charge is -2.32. The quantitative estimate of drug-likeness (QED) is 0.613. The Bertz CT molecular complexity index is 536. The van der Waals surface area contributed by atoms with Crippen LogP contribution in [-0.2, 0) is 0 Å². The summed E-state index contributed by atoms with van der Waals surface area (Å²) in [4.78, 5) is 10.6. The van der Waals surface area contributed by atoms with Crippen molar-refractivity contribution >= 4 is 11.4 Å². The van der Waals surface area contributed by atoms with Crippen LogP contribution < -0.4 is 11.1 Å². The molecular formula is C14H20N4O2. The van der Waals surface area contributed by atoms with Crippen molar-refractivity contribution in [3.05, 3.63) is 33.9 Å². The van der Waals surface area contributed by atoms with Crippen LogP contribution in [0.4, 0.5) is 11.4 Å². The van der Waals surface area contributed by atoms with Crippen LogP contribution in [0.3, 0.4) is 0 Å². The van der Waals surface area contributed by atoms with Crippen molar-refractivity contribution in [2.75, 3.05) is 11.9 Å². The second-order valence-electron chi connectivity index (χ2n) is 5.56. The fourth-order valence-corrected chi connectivity index (χ4v) is 2.34. The second kappa shape index (κ2) is 6.35. The number of rotatable bonds is 6. The lowest BCUT2D eigenvalue weighted by atomic mass is 9.90. The van der Waals surface area contributed by atoms with Crippen LogP contribution in [0.25, 0.3) is 0 Å². The fraction of sp³-hybridized carbons (Fsp3) is 0.500. The SMILES string of the molecule is CC(C)CC(C)(CN)Nc1cccc(C#N)c1[N+](=O)[O-]. The van der Waals surface area contributed by atoms with Crippen LogP contribution in [0.15, 0.2) is 18.2 Å². The summed E-state index contributed by atoms with van der Waals surface area (Å²) in [6.45, 7) is 6.40. The van der Waals surface area contributed by atoms with Crippen LogP contribution in [0.1, 0.15) is 32.8 Å². The van der Waals surface area contributed by atoms with Crippen LogP contribution in [-0.4, -0.2) is 17.0 Å². The maximum atomic E-state index is 11.2. The zero-order valence-electron chi connectivity index (χ0n) is 12.0. The molecular weight excluding hydrogens is 256 g/mol. The number of para-hydroxylation sites is 1. The molecule has 0 aliphatic rings. The Hall–Kier alpha value is -2.13. The molecule has 1 atom stereocenters. The maximum absolute atomic E-state index is 11.2. The van der Waals surface area contributed by atoms with E-state index < -0.39 is 10.5 Å². The largest absolute Gasteiger partial charge is 0.373 e. The molecule has 0 aromatic heterocycles. The molecule has 0 spiro atoms. The lowest BCUT2D eigenvalue weighted by Crippen LogP contribution is -2.43. The normalized spacial score (nSPS) is 13.6. The van der Waals surface area contributed by atoms with Gasteiger partial charge in [0.2, 0.25) is 0 Å². The molecule has 0 bridgehead atoms. The van der Waals surface area contributed by atoms with E-state index in [1.807, 2.05) is 13.0 Å². The van der Waals surface area contributed by atoms with Gasteiger partial charge in [0, 0.05) is 12.1 Å². The van der Waals surface area contributed by atoms with Gasteiger partial charge in [-0.15, -0.1) is 0 Å². The summed E-state index contributed by atoms with van der Waals surface area (Å²) < 4.78 is 0. The van der Waals surface area contributed by atoms with Crippen molar-refractivity contribution in [3.63, 3.8) is 0 Å². The Kier molecular flexibility index (Phi) is 5.06. The Morgan fingerprint density at radius 3 is 2.65 bits per heavy atom. The molecule has 6 heteroatoms. The van der Waals surface area contributed by atoms with Crippen molar-refractivity contribution < 1.29 is 4.92 Å². The van der Waals surface area contributed by atoms with Crippen molar-refractivity contribution in [2.45, 2.75) is 32.7 Å². The molecule has 1 unspecified atom stereocenters. The predicted molar refractivity (Wildman–Crippen MR) is 78.3 cm³/mol. The average Bonchev–Trinajstić information content (AvgIpc) is 2.37. The van der Waals surface area contributed by atoms with Crippen molar-refractivity contribution in [3.8, 4) is 6.07 Å². The van der Waals surface area contributed by atoms with Crippen molar-refractivity contribution in [2.24, 2.45) is 11.7 Å². The molecule has 3 N–H and O–H groups in total. The zero-order valence-corrected chi connectivity index (χ0v) is 12.0. The molecule has 0 aliphatic heterocycles. The third-order valence-corrected chi connectivity index (χ3v) is 3.08. The number of benzene rings is 1. The van der Waals surface area contributed by atoms with Gasteiger partial charge in [-0.25, -0.2) is 0 Å². The Morgan fingerprint density at radius 1 is 1.55 bits per heavy atom. The first-order valence-electron chi connectivity index (χ1n) is 6.48. The maximum Gasteiger partial charge on any atom is 0.309 e. The van der Waals surface area contributed by atoms with E-state index >= 15 is 0 Å². The molecule has 1 aromatic rings. The minimum Gasteiger partial charge on any atom is -0.373 e. The van der Waals surface area contributed by atoms with E-state index in [1.165, 1.54) is 6.07 Å². The van der Waals surface area contributed by atoms with Crippen molar-refractivity contribution in [1.82, 2.24) is 0 Å². The van der Waals surface area contributed by atoms with Gasteiger partial charge in [0.1, 0.15) is 17.3 Å². The molecule has 6 nitrogen and oxygen atoms in total. The van der Waals surface area contributed by atoms with Crippen LogP contribution in [0.2, 0.25) is 0 Å². The van der Waals surface area contributed by atoms with Gasteiger partial charge in [0.05, 0.1) is 4.92 Å². The molecule has 1 aromatic carbocycles. The molecule has 0 aliphatic carbocycles. The number of hydrogen-bond donors (Lipinski definition) is 2. The molecule has 0 amide bonds. The highest BCUT2D eigenvalue weighted by molar-refractivity contribution is 5.69. The molecule has 0 radical (unpaired) electrons. The molecule has 1 rings (SSSR count). The monoisotopic (exact) mass is 276 g/mol. The Labute approximate surface area is 118 Å². The van der Waals surface area contributed by atoms with Crippen LogP contribution in [0, 0.1) is 27.4 Å². The van der Waals surface area contributed by atoms with E-state index in [4.69, 9.17) is 11.0 Å². The number of nitro benzene ring substituents is 1. The summed E-state index contributed by atoms with van der Waals surface area (Å²) >= 11 is 0. The summed E-state index contributed by atoms with van der Waals surface area (Å²) in [6.07, 6.45) is 0.775. The van der Waals surface area contributed by atoms with Crippen LogP contribution >= 0.6 is 0 Å². The first kappa shape index (κ1) is 15.9. The van der Waals surface area contributed by atoms with E-state index in [9.17, 15) is 10.1 Å². The fourth-order valence-electron chi connectivity index (χ4n) is 2.34. The summed E-state index contributed by atoms with van der Waals surface area (Å²) in [6, 6.07) is 6.51. The first-order chi connectivity index (χ1) is 9.33. The van der Waals surface area contributed by atoms with E-state index in [0.717, 1.165) is 6.42 Å². The molecule has 108 valence electrons. The van der Waals surface area contributed by atoms with E-state index in [-0.39, 0.29) is 11.3 Å². The second-order valence-corrected chi connectivity index (χ2v) is 5.56. The Balaban J connectivity index is 3.20. The molecule has 0 saturated heterocycles. The van der Waals surface area contributed by atoms with Gasteiger partial charge in [-0.2, -0.15) is 5.26 Å². The topological polar surface area (TPSA) is 105 Å². The number of hydrogen-bond acceptors (Lipinski definition) is 5. The first-order valence-corrected chi connectivity index (χ1v) is 6.48. The third-order valence-electron chi connectivity index (χ3n) is 3.08. The average molecular weight is 276 g/mol. The van der Waals surface area contributed by atoms with E-state index in [1.54, 1.807) is 12.1 Å². The van der Waals surface area contributed by atoms with Gasteiger partial charge >= 0.3 is 5.69 Å². The van der Waals surface area contributed by atoms with Crippen LogP contribution in [0.5, 0.6) is 0 Å². The number of nitrogens with two attached hydrogens (primary N) is 1. The summed E-state index contributed by atoms with van der Waals surface area (Å²) in [5.74, 6) is 0.397. The summed E-state index contributed by atoms with van der Waals surface area (Å²) in [5, 5.41) is 23.3. The third kappa shape index (κ3) is 3.68. The molecule has 0 heterocycles. The minimum absolute atomic E-state index is 0.0453. The van der Waals surface area contributed by atoms with Gasteiger partial charge in [-0.05, 0) is 31.4 Å². The minimum atomic E-state index is -0.535. The van der Waals surface area contributed by atoms with Gasteiger partial charge in [0.25, 0.3) is 0 Å². The summed E-state index contributed by atoms with van der Waals surface area (Å²) in [7, 11) is 0. The number of nitrogens with zero attached hydrogens (tertiary/aromatic N) is 2. The molecule has 0 saturated carbocycles. The number of nitrogens with one attached hydrogen (secondary N) is 1. The van der Waals surface area contributed by atoms with E-state index in [0.29, 0.717) is 18.2 Å². The van der Waals surface area contributed by atoms with Gasteiger partial charge in [0.15, 0.2) is 0 Å². The lowest BCUT2D eigenvalue weighted by molar-refractivity contribution is -0.384. The highest BCUT2D eigenvalue weighted by Gasteiger charge is 2.28. The van der Waals surface area contributed by atoms with Gasteiger partial charge in [-0.1, -0.05) is 19.9 Å². The zero-order chi connectivity index (χ0) is 15.3. The Morgan fingerprint density at radius 2 is 2.20 bits per heavy atom.